The van der Waals surface area contributed by atoms with Gasteiger partial charge in [0.15, 0.2) is 6.04 Å². The summed E-state index contributed by atoms with van der Waals surface area (Å²) >= 11 is 0. The number of fused-ring (bicyclic) bond motifs is 1. The molecule has 0 bridgehead atoms. The zero-order valence-electron chi connectivity index (χ0n) is 17.8. The molecular formula is C22H31N6O+. The molecule has 4 rings (SSSR count). The standard InChI is InChI=1S/C22H30N6O/c1-5-22(3,4)28-20(24-25-26-28)19(27-12-7-6-8-13-27)17-14-16-11-9-10-15(2)18(16)23-21(17)29/h9-11,14,19H,5-8,12-13H2,1-4H3,(H,23,29)/p+1/t19-/m1/s1. The van der Waals surface area contributed by atoms with E-state index in [-0.39, 0.29) is 17.1 Å². The van der Waals surface area contributed by atoms with Crippen LogP contribution in [-0.2, 0) is 5.54 Å². The maximum atomic E-state index is 13.2. The van der Waals surface area contributed by atoms with Crippen LogP contribution in [0.15, 0.2) is 29.1 Å². The number of pyridine rings is 1. The summed E-state index contributed by atoms with van der Waals surface area (Å²) in [6.07, 6.45) is 4.47. The van der Waals surface area contributed by atoms with Gasteiger partial charge in [0.1, 0.15) is 0 Å². The first-order valence-electron chi connectivity index (χ1n) is 10.7. The van der Waals surface area contributed by atoms with Gasteiger partial charge in [-0.2, -0.15) is 0 Å². The van der Waals surface area contributed by atoms with Crippen molar-refractivity contribution in [1.82, 2.24) is 25.2 Å². The third kappa shape index (κ3) is 3.59. The monoisotopic (exact) mass is 395 g/mol. The molecule has 3 aromatic rings. The number of H-pyrrole nitrogens is 1. The average molecular weight is 396 g/mol. The molecule has 7 nitrogen and oxygen atoms in total. The van der Waals surface area contributed by atoms with Crippen molar-refractivity contribution in [3.63, 3.8) is 0 Å². The van der Waals surface area contributed by atoms with E-state index in [2.05, 4.69) is 47.3 Å². The van der Waals surface area contributed by atoms with Crippen molar-refractivity contribution in [2.75, 3.05) is 13.1 Å². The Morgan fingerprint density at radius 3 is 2.72 bits per heavy atom. The van der Waals surface area contributed by atoms with Crippen LogP contribution in [0.5, 0.6) is 0 Å². The number of quaternary nitrogens is 1. The Morgan fingerprint density at radius 1 is 1.24 bits per heavy atom. The Bertz CT molecular complexity index is 1060. The fourth-order valence-electron chi connectivity index (χ4n) is 4.41. The number of aromatic amines is 1. The van der Waals surface area contributed by atoms with Crippen LogP contribution >= 0.6 is 0 Å². The number of nitrogens with zero attached hydrogens (tertiary/aromatic N) is 4. The third-order valence-electron chi connectivity index (χ3n) is 6.52. The van der Waals surface area contributed by atoms with E-state index >= 15 is 0 Å². The van der Waals surface area contributed by atoms with E-state index in [1.165, 1.54) is 11.3 Å². The molecule has 154 valence electrons. The molecule has 1 atom stereocenters. The summed E-state index contributed by atoms with van der Waals surface area (Å²) in [6, 6.07) is 7.99. The second-order valence-electron chi connectivity index (χ2n) is 8.86. The number of likely N-dealkylation sites (tertiary alicyclic amines) is 1. The van der Waals surface area contributed by atoms with Crippen LogP contribution in [0.25, 0.3) is 10.9 Å². The molecular weight excluding hydrogens is 364 g/mol. The number of aromatic nitrogens is 5. The van der Waals surface area contributed by atoms with Crippen molar-refractivity contribution in [1.29, 1.82) is 0 Å². The fourth-order valence-corrected chi connectivity index (χ4v) is 4.41. The van der Waals surface area contributed by atoms with Gasteiger partial charge in [0.05, 0.1) is 29.7 Å². The van der Waals surface area contributed by atoms with Gasteiger partial charge in [-0.1, -0.05) is 25.1 Å². The first-order valence-corrected chi connectivity index (χ1v) is 10.7. The van der Waals surface area contributed by atoms with Crippen LogP contribution in [0.2, 0.25) is 0 Å². The topological polar surface area (TPSA) is 80.9 Å². The second kappa shape index (κ2) is 7.71. The van der Waals surface area contributed by atoms with Gasteiger partial charge in [-0.05, 0) is 73.9 Å². The van der Waals surface area contributed by atoms with E-state index in [0.717, 1.165) is 60.2 Å². The number of tetrazole rings is 1. The van der Waals surface area contributed by atoms with Crippen molar-refractivity contribution >= 4 is 10.9 Å². The molecule has 0 spiro atoms. The first kappa shape index (κ1) is 19.8. The second-order valence-corrected chi connectivity index (χ2v) is 8.86. The van der Waals surface area contributed by atoms with Crippen LogP contribution in [0.3, 0.4) is 0 Å². The van der Waals surface area contributed by atoms with E-state index in [0.29, 0.717) is 0 Å². The number of hydrogen-bond donors (Lipinski definition) is 2. The predicted octanol–water partition coefficient (Wildman–Crippen LogP) is 2.13. The minimum absolute atomic E-state index is 0.0428. The molecule has 29 heavy (non-hydrogen) atoms. The van der Waals surface area contributed by atoms with Crippen LogP contribution in [0.4, 0.5) is 0 Å². The van der Waals surface area contributed by atoms with E-state index < -0.39 is 0 Å². The molecule has 1 aliphatic heterocycles. The first-order chi connectivity index (χ1) is 13.9. The number of hydrogen-bond acceptors (Lipinski definition) is 4. The van der Waals surface area contributed by atoms with Gasteiger partial charge in [0, 0.05) is 0 Å². The molecule has 1 fully saturated rings. The van der Waals surface area contributed by atoms with E-state index in [1.807, 2.05) is 29.8 Å². The highest BCUT2D eigenvalue weighted by Gasteiger charge is 2.37. The molecule has 0 saturated carbocycles. The van der Waals surface area contributed by atoms with Crippen LogP contribution < -0.4 is 10.5 Å². The molecule has 1 saturated heterocycles. The minimum atomic E-state index is -0.216. The Hall–Kier alpha value is -2.54. The summed E-state index contributed by atoms with van der Waals surface area (Å²) in [5.41, 5.74) is 2.47. The Kier molecular flexibility index (Phi) is 5.25. The zero-order valence-corrected chi connectivity index (χ0v) is 17.8. The average Bonchev–Trinajstić information content (AvgIpc) is 3.21. The van der Waals surface area contributed by atoms with Crippen LogP contribution in [0.1, 0.15) is 69.4 Å². The van der Waals surface area contributed by atoms with Gasteiger partial charge in [0.2, 0.25) is 5.82 Å². The lowest BCUT2D eigenvalue weighted by Gasteiger charge is -2.33. The molecule has 2 aromatic heterocycles. The van der Waals surface area contributed by atoms with Gasteiger partial charge in [-0.25, -0.2) is 4.68 Å². The molecule has 2 N–H and O–H groups in total. The lowest BCUT2D eigenvalue weighted by Crippen LogP contribution is -3.13. The quantitative estimate of drug-likeness (QED) is 0.693. The third-order valence-corrected chi connectivity index (χ3v) is 6.52. The van der Waals surface area contributed by atoms with Gasteiger partial charge >= 0.3 is 0 Å². The number of aryl methyl sites for hydroxylation is 1. The maximum absolute atomic E-state index is 13.2. The molecule has 0 aliphatic carbocycles. The Balaban J connectivity index is 1.92. The fraction of sp³-hybridized carbons (Fsp3) is 0.545. The van der Waals surface area contributed by atoms with E-state index in [1.54, 1.807) is 0 Å². The molecule has 7 heteroatoms. The van der Waals surface area contributed by atoms with E-state index in [4.69, 9.17) is 0 Å². The number of piperidine rings is 1. The van der Waals surface area contributed by atoms with Crippen molar-refractivity contribution in [3.05, 3.63) is 51.6 Å². The van der Waals surface area contributed by atoms with Crippen molar-refractivity contribution in [2.45, 2.75) is 65.0 Å². The number of para-hydroxylation sites is 1. The number of nitrogens with one attached hydrogen (secondary N) is 2. The van der Waals surface area contributed by atoms with Crippen molar-refractivity contribution in [2.24, 2.45) is 0 Å². The van der Waals surface area contributed by atoms with Gasteiger partial charge < -0.3 is 9.88 Å². The normalized spacial score (nSPS) is 17.0. The zero-order chi connectivity index (χ0) is 20.6. The summed E-state index contributed by atoms with van der Waals surface area (Å²) in [5, 5.41) is 13.9. The summed E-state index contributed by atoms with van der Waals surface area (Å²) in [7, 11) is 0. The van der Waals surface area contributed by atoms with Gasteiger partial charge in [0.25, 0.3) is 5.56 Å². The van der Waals surface area contributed by atoms with Gasteiger partial charge in [-0.15, -0.1) is 5.10 Å². The molecule has 0 amide bonds. The highest BCUT2D eigenvalue weighted by Crippen LogP contribution is 2.25. The highest BCUT2D eigenvalue weighted by molar-refractivity contribution is 5.82. The number of rotatable bonds is 5. The van der Waals surface area contributed by atoms with Gasteiger partial charge in [-0.3, -0.25) is 4.79 Å². The molecule has 0 radical (unpaired) electrons. The number of benzene rings is 1. The van der Waals surface area contributed by atoms with Crippen LogP contribution in [0, 0.1) is 6.92 Å². The highest BCUT2D eigenvalue weighted by atomic mass is 16.1. The summed E-state index contributed by atoms with van der Waals surface area (Å²) < 4.78 is 1.93. The smallest absolute Gasteiger partial charge is 0.258 e. The maximum Gasteiger partial charge on any atom is 0.258 e. The van der Waals surface area contributed by atoms with E-state index in [9.17, 15) is 4.79 Å². The van der Waals surface area contributed by atoms with Crippen molar-refractivity contribution in [3.8, 4) is 0 Å². The summed E-state index contributed by atoms with van der Waals surface area (Å²) in [5.74, 6) is 0.784. The Labute approximate surface area is 171 Å². The Morgan fingerprint density at radius 2 is 2.00 bits per heavy atom. The molecule has 3 heterocycles. The predicted molar refractivity (Wildman–Crippen MR) is 113 cm³/mol. The lowest BCUT2D eigenvalue weighted by molar-refractivity contribution is -0.931. The SMILES string of the molecule is CCC(C)(C)n1nnnc1[C@@H](c1cc2cccc(C)c2[nH]c1=O)[NH+]1CCCCC1. The summed E-state index contributed by atoms with van der Waals surface area (Å²) in [6.45, 7) is 10.5. The minimum Gasteiger partial charge on any atom is -0.322 e. The molecule has 1 aliphatic rings. The molecule has 1 aromatic carbocycles. The molecule has 0 unspecified atom stereocenters. The lowest BCUT2D eigenvalue weighted by atomic mass is 9.97. The summed E-state index contributed by atoms with van der Waals surface area (Å²) in [4.78, 5) is 17.8. The largest absolute Gasteiger partial charge is 0.322 e. The van der Waals surface area contributed by atoms with Crippen molar-refractivity contribution < 1.29 is 4.90 Å². The van der Waals surface area contributed by atoms with Crippen LogP contribution in [-0.4, -0.2) is 38.3 Å².